The van der Waals surface area contributed by atoms with Crippen molar-refractivity contribution in [2.45, 2.75) is 58.0 Å². The lowest BCUT2D eigenvalue weighted by molar-refractivity contribution is 0.166. The van der Waals surface area contributed by atoms with Gasteiger partial charge in [-0.15, -0.1) is 0 Å². The van der Waals surface area contributed by atoms with Gasteiger partial charge in [0.05, 0.1) is 18.5 Å². The molecule has 0 spiro atoms. The summed E-state index contributed by atoms with van der Waals surface area (Å²) in [6, 6.07) is 12.4. The van der Waals surface area contributed by atoms with Gasteiger partial charge >= 0.3 is 0 Å². The maximum absolute atomic E-state index is 9.44. The fourth-order valence-corrected chi connectivity index (χ4v) is 4.68. The third-order valence-electron chi connectivity index (χ3n) is 6.31. The van der Waals surface area contributed by atoms with Gasteiger partial charge in [-0.1, -0.05) is 18.2 Å². The molecule has 1 aliphatic heterocycles. The van der Waals surface area contributed by atoms with Crippen LogP contribution in [0.25, 0.3) is 21.9 Å². The number of aromatic nitrogens is 4. The van der Waals surface area contributed by atoms with Crippen LogP contribution >= 0.6 is 0 Å². The lowest BCUT2D eigenvalue weighted by Crippen LogP contribution is -2.35. The zero-order valence-electron chi connectivity index (χ0n) is 20.2. The maximum Gasteiger partial charge on any atom is 0.165 e. The van der Waals surface area contributed by atoms with Crippen molar-refractivity contribution in [3.63, 3.8) is 0 Å². The fourth-order valence-electron chi connectivity index (χ4n) is 4.68. The number of imidazole rings is 1. The zero-order chi connectivity index (χ0) is 24.4. The molecule has 5 rings (SSSR count). The Morgan fingerprint density at radius 1 is 1.17 bits per heavy atom. The topological polar surface area (TPSA) is 112 Å². The van der Waals surface area contributed by atoms with E-state index in [1.165, 1.54) is 0 Å². The lowest BCUT2D eigenvalue weighted by Gasteiger charge is -2.26. The first-order valence-corrected chi connectivity index (χ1v) is 12.2. The molecule has 0 amide bonds. The van der Waals surface area contributed by atoms with Crippen LogP contribution in [-0.2, 0) is 6.54 Å². The van der Waals surface area contributed by atoms with Crippen LogP contribution in [0.15, 0.2) is 49.1 Å². The molecule has 35 heavy (non-hydrogen) atoms. The van der Waals surface area contributed by atoms with Crippen molar-refractivity contribution in [2.24, 2.45) is 5.73 Å². The molecule has 2 atom stereocenters. The van der Waals surface area contributed by atoms with E-state index < -0.39 is 6.23 Å². The third kappa shape index (κ3) is 5.01. The van der Waals surface area contributed by atoms with E-state index in [1.807, 2.05) is 36.6 Å². The highest BCUT2D eigenvalue weighted by molar-refractivity contribution is 5.89. The number of aliphatic hydroxyl groups excluding tert-OH is 1. The molecular formula is C26H32N6O3. The average Bonchev–Trinajstić information content (AvgIpc) is 3.48. The molecule has 0 aliphatic carbocycles. The van der Waals surface area contributed by atoms with Crippen molar-refractivity contribution in [3.05, 3.63) is 49.1 Å². The lowest BCUT2D eigenvalue weighted by atomic mass is 10.1. The SMILES string of the molecule is CC(C)Oc1ccc2cccc(OC[C@H]3CCCN3c3ncnc4c3ncn4CC[C@@H](N)O)c2c1. The van der Waals surface area contributed by atoms with Gasteiger partial charge in [0.25, 0.3) is 0 Å². The van der Waals surface area contributed by atoms with Gasteiger partial charge in [0, 0.05) is 24.9 Å². The van der Waals surface area contributed by atoms with Crippen LogP contribution in [0.1, 0.15) is 33.1 Å². The van der Waals surface area contributed by atoms with E-state index in [9.17, 15) is 5.11 Å². The Balaban J connectivity index is 1.36. The Hall–Kier alpha value is -3.43. The van der Waals surface area contributed by atoms with Crippen molar-refractivity contribution < 1.29 is 14.6 Å². The average molecular weight is 477 g/mol. The molecule has 3 heterocycles. The molecule has 0 radical (unpaired) electrons. The van der Waals surface area contributed by atoms with E-state index in [0.29, 0.717) is 19.6 Å². The molecule has 9 nitrogen and oxygen atoms in total. The minimum Gasteiger partial charge on any atom is -0.491 e. The molecule has 9 heteroatoms. The zero-order valence-corrected chi connectivity index (χ0v) is 20.2. The molecule has 1 fully saturated rings. The molecular weight excluding hydrogens is 444 g/mol. The second-order valence-electron chi connectivity index (χ2n) is 9.27. The quantitative estimate of drug-likeness (QED) is 0.353. The number of aliphatic hydroxyl groups is 1. The van der Waals surface area contributed by atoms with Gasteiger partial charge in [0.2, 0.25) is 0 Å². The Labute approximate surface area is 204 Å². The third-order valence-corrected chi connectivity index (χ3v) is 6.31. The second kappa shape index (κ2) is 10.1. The largest absolute Gasteiger partial charge is 0.491 e. The van der Waals surface area contributed by atoms with Crippen LogP contribution in [0.4, 0.5) is 5.82 Å². The van der Waals surface area contributed by atoms with E-state index in [1.54, 1.807) is 12.7 Å². The summed E-state index contributed by atoms with van der Waals surface area (Å²) in [4.78, 5) is 15.9. The van der Waals surface area contributed by atoms with Gasteiger partial charge < -0.3 is 29.8 Å². The second-order valence-corrected chi connectivity index (χ2v) is 9.27. The first-order chi connectivity index (χ1) is 17.0. The smallest absolute Gasteiger partial charge is 0.165 e. The summed E-state index contributed by atoms with van der Waals surface area (Å²) in [5.74, 6) is 2.51. The van der Waals surface area contributed by atoms with Gasteiger partial charge in [-0.05, 0) is 50.3 Å². The molecule has 0 unspecified atom stereocenters. The van der Waals surface area contributed by atoms with Crippen molar-refractivity contribution >= 4 is 27.8 Å². The standard InChI is InChI=1S/C26H32N6O3/c1-17(2)35-20-9-8-18-5-3-7-22(21(18)13-20)34-14-19-6-4-11-32(19)26-24-25(28-15-29-26)31(16-30-24)12-10-23(27)33/h3,5,7-9,13,15-17,19,23,33H,4,6,10-12,14,27H2,1-2H3/t19-,23+/m1/s1. The van der Waals surface area contributed by atoms with Gasteiger partial charge in [-0.2, -0.15) is 0 Å². The van der Waals surface area contributed by atoms with Crippen LogP contribution in [0.2, 0.25) is 0 Å². The van der Waals surface area contributed by atoms with Gasteiger partial charge in [0.1, 0.15) is 30.7 Å². The minimum absolute atomic E-state index is 0.112. The Morgan fingerprint density at radius 2 is 2.06 bits per heavy atom. The first-order valence-electron chi connectivity index (χ1n) is 12.2. The molecule has 184 valence electrons. The minimum atomic E-state index is -0.865. The van der Waals surface area contributed by atoms with E-state index >= 15 is 0 Å². The van der Waals surface area contributed by atoms with E-state index in [4.69, 9.17) is 15.2 Å². The highest BCUT2D eigenvalue weighted by Gasteiger charge is 2.29. The van der Waals surface area contributed by atoms with Crippen molar-refractivity contribution in [3.8, 4) is 11.5 Å². The molecule has 1 saturated heterocycles. The van der Waals surface area contributed by atoms with Crippen LogP contribution < -0.4 is 20.1 Å². The molecule has 1 aliphatic rings. The highest BCUT2D eigenvalue weighted by atomic mass is 16.5. The summed E-state index contributed by atoms with van der Waals surface area (Å²) in [6.45, 7) is 6.02. The summed E-state index contributed by atoms with van der Waals surface area (Å²) >= 11 is 0. The number of aryl methyl sites for hydroxylation is 1. The normalized spacial score (nSPS) is 16.9. The molecule has 3 N–H and O–H groups in total. The number of ether oxygens (including phenoxy) is 2. The summed E-state index contributed by atoms with van der Waals surface area (Å²) in [5, 5.41) is 11.6. The van der Waals surface area contributed by atoms with E-state index in [0.717, 1.165) is 58.6 Å². The molecule has 0 saturated carbocycles. The first kappa shape index (κ1) is 23.3. The number of hydrogen-bond donors (Lipinski definition) is 2. The fraction of sp³-hybridized carbons (Fsp3) is 0.423. The maximum atomic E-state index is 9.44. The predicted octanol–water partition coefficient (Wildman–Crippen LogP) is 3.48. The van der Waals surface area contributed by atoms with E-state index in [2.05, 4.69) is 38.1 Å². The number of nitrogens with two attached hydrogens (primary N) is 1. The van der Waals surface area contributed by atoms with Crippen molar-refractivity contribution in [1.82, 2.24) is 19.5 Å². The summed E-state index contributed by atoms with van der Waals surface area (Å²) < 4.78 is 14.2. The predicted molar refractivity (Wildman–Crippen MR) is 136 cm³/mol. The van der Waals surface area contributed by atoms with Crippen molar-refractivity contribution in [1.29, 1.82) is 0 Å². The number of rotatable bonds is 9. The summed E-state index contributed by atoms with van der Waals surface area (Å²) in [7, 11) is 0. The van der Waals surface area contributed by atoms with Gasteiger partial charge in [0.15, 0.2) is 17.0 Å². The molecule has 2 aromatic carbocycles. The number of hydrogen-bond acceptors (Lipinski definition) is 8. The number of fused-ring (bicyclic) bond motifs is 2. The molecule has 2 aromatic heterocycles. The highest BCUT2D eigenvalue weighted by Crippen LogP contribution is 2.32. The Morgan fingerprint density at radius 3 is 2.89 bits per heavy atom. The van der Waals surface area contributed by atoms with Crippen LogP contribution in [-0.4, -0.2) is 56.2 Å². The number of nitrogens with zero attached hydrogens (tertiary/aromatic N) is 5. The summed E-state index contributed by atoms with van der Waals surface area (Å²) in [6.07, 6.45) is 5.06. The number of anilines is 1. The van der Waals surface area contributed by atoms with Gasteiger partial charge in [-0.25, -0.2) is 15.0 Å². The van der Waals surface area contributed by atoms with Gasteiger partial charge in [-0.3, -0.25) is 0 Å². The van der Waals surface area contributed by atoms with Crippen LogP contribution in [0, 0.1) is 0 Å². The summed E-state index contributed by atoms with van der Waals surface area (Å²) in [5.41, 5.74) is 7.01. The Bertz CT molecular complexity index is 1300. The van der Waals surface area contributed by atoms with Crippen molar-refractivity contribution in [2.75, 3.05) is 18.1 Å². The van der Waals surface area contributed by atoms with Crippen LogP contribution in [0.3, 0.4) is 0 Å². The van der Waals surface area contributed by atoms with Crippen LogP contribution in [0.5, 0.6) is 11.5 Å². The van der Waals surface area contributed by atoms with E-state index in [-0.39, 0.29) is 12.1 Å². The monoisotopic (exact) mass is 476 g/mol. The number of benzene rings is 2. The molecule has 0 bridgehead atoms. The molecule has 4 aromatic rings. The Kier molecular flexibility index (Phi) is 6.70.